The third-order valence-electron chi connectivity index (χ3n) is 3.63. The van der Waals surface area contributed by atoms with Gasteiger partial charge in [-0.3, -0.25) is 0 Å². The van der Waals surface area contributed by atoms with Crippen LogP contribution < -0.4 is 10.5 Å². The van der Waals surface area contributed by atoms with Gasteiger partial charge in [-0.2, -0.15) is 9.97 Å². The van der Waals surface area contributed by atoms with Crippen molar-refractivity contribution in [2.45, 2.75) is 39.0 Å². The highest BCUT2D eigenvalue weighted by molar-refractivity contribution is 5.77. The number of fused-ring (bicyclic) bond motifs is 1. The number of imidazole rings is 1. The van der Waals surface area contributed by atoms with E-state index in [2.05, 4.69) is 19.9 Å². The molecule has 1 aliphatic carbocycles. The maximum atomic E-state index is 5.85. The Morgan fingerprint density at radius 3 is 2.79 bits per heavy atom. The van der Waals surface area contributed by atoms with Crippen LogP contribution in [0.5, 0.6) is 5.88 Å². The molecular weight excluding hydrogens is 242 g/mol. The molecular formula is C13H19N5O. The minimum atomic E-state index is 0.206. The van der Waals surface area contributed by atoms with Crippen molar-refractivity contribution < 1.29 is 4.74 Å². The number of ether oxygens (including phenoxy) is 1. The highest BCUT2D eigenvalue weighted by Crippen LogP contribution is 2.26. The van der Waals surface area contributed by atoms with Crippen LogP contribution in [0.25, 0.3) is 11.2 Å². The normalized spacial score (nSPS) is 16.9. The summed E-state index contributed by atoms with van der Waals surface area (Å²) < 4.78 is 5.85. The molecule has 6 heteroatoms. The summed E-state index contributed by atoms with van der Waals surface area (Å²) in [5, 5.41) is 0. The quantitative estimate of drug-likeness (QED) is 0.884. The largest absolute Gasteiger partial charge is 0.476 e. The lowest BCUT2D eigenvalue weighted by Gasteiger charge is -2.21. The van der Waals surface area contributed by atoms with E-state index < -0.39 is 0 Å². The van der Waals surface area contributed by atoms with E-state index in [9.17, 15) is 0 Å². The fourth-order valence-corrected chi connectivity index (χ4v) is 2.66. The predicted octanol–water partition coefficient (Wildman–Crippen LogP) is 2.20. The summed E-state index contributed by atoms with van der Waals surface area (Å²) >= 11 is 0. The van der Waals surface area contributed by atoms with Gasteiger partial charge in [0.25, 0.3) is 0 Å². The average molecular weight is 261 g/mol. The Morgan fingerprint density at radius 1 is 1.21 bits per heavy atom. The Labute approximate surface area is 111 Å². The molecule has 0 atom stereocenters. The molecule has 19 heavy (non-hydrogen) atoms. The van der Waals surface area contributed by atoms with Crippen LogP contribution in [0.1, 0.15) is 37.9 Å². The van der Waals surface area contributed by atoms with E-state index >= 15 is 0 Å². The molecule has 3 N–H and O–H groups in total. The van der Waals surface area contributed by atoms with Gasteiger partial charge < -0.3 is 15.5 Å². The number of nitrogen functional groups attached to an aromatic ring is 1. The molecule has 0 aliphatic heterocycles. The number of nitrogens with one attached hydrogen (secondary N) is 1. The Balaban J connectivity index is 1.79. The molecule has 2 aromatic rings. The van der Waals surface area contributed by atoms with Crippen LogP contribution in [-0.4, -0.2) is 26.5 Å². The molecule has 0 amide bonds. The minimum Gasteiger partial charge on any atom is -0.476 e. The third kappa shape index (κ3) is 2.62. The summed E-state index contributed by atoms with van der Waals surface area (Å²) in [5.74, 6) is 2.15. The Kier molecular flexibility index (Phi) is 3.23. The number of hydrogen-bond donors (Lipinski definition) is 2. The molecule has 2 aromatic heterocycles. The second-order valence-corrected chi connectivity index (χ2v) is 5.22. The molecule has 102 valence electrons. The van der Waals surface area contributed by atoms with Gasteiger partial charge in [-0.05, 0) is 25.7 Å². The van der Waals surface area contributed by atoms with Gasteiger partial charge in [-0.15, -0.1) is 0 Å². The number of aryl methyl sites for hydroxylation is 1. The Hall–Kier alpha value is -1.85. The number of H-pyrrole nitrogens is 1. The molecule has 1 aliphatic rings. The first-order valence-corrected chi connectivity index (χ1v) is 6.85. The maximum Gasteiger partial charge on any atom is 0.245 e. The van der Waals surface area contributed by atoms with E-state index in [4.69, 9.17) is 10.5 Å². The lowest BCUT2D eigenvalue weighted by atomic mass is 9.90. The molecule has 1 fully saturated rings. The Morgan fingerprint density at radius 2 is 2.00 bits per heavy atom. The van der Waals surface area contributed by atoms with Crippen LogP contribution in [0.15, 0.2) is 0 Å². The fraction of sp³-hybridized carbons (Fsp3) is 0.615. The van der Waals surface area contributed by atoms with Crippen LogP contribution in [-0.2, 0) is 0 Å². The first-order valence-electron chi connectivity index (χ1n) is 6.85. The number of aromatic nitrogens is 4. The van der Waals surface area contributed by atoms with E-state index in [1.165, 1.54) is 32.1 Å². The smallest absolute Gasteiger partial charge is 0.245 e. The van der Waals surface area contributed by atoms with Crippen molar-refractivity contribution in [3.63, 3.8) is 0 Å². The summed E-state index contributed by atoms with van der Waals surface area (Å²) in [4.78, 5) is 15.7. The molecule has 0 unspecified atom stereocenters. The number of nitrogens with two attached hydrogens (primary N) is 1. The molecule has 6 nitrogen and oxygen atoms in total. The molecule has 0 spiro atoms. The fourth-order valence-electron chi connectivity index (χ4n) is 2.66. The topological polar surface area (TPSA) is 89.7 Å². The van der Waals surface area contributed by atoms with Crippen molar-refractivity contribution in [3.05, 3.63) is 5.82 Å². The summed E-state index contributed by atoms with van der Waals surface area (Å²) in [5.41, 5.74) is 7.00. The number of hydrogen-bond acceptors (Lipinski definition) is 5. The van der Waals surface area contributed by atoms with Gasteiger partial charge in [0.2, 0.25) is 11.8 Å². The zero-order valence-electron chi connectivity index (χ0n) is 11.1. The third-order valence-corrected chi connectivity index (χ3v) is 3.63. The van der Waals surface area contributed by atoms with Gasteiger partial charge in [0.05, 0.1) is 6.61 Å². The number of nitrogens with zero attached hydrogens (tertiary/aromatic N) is 3. The SMILES string of the molecule is Cc1nc2nc(N)nc(OCC3CCCCC3)c2[nH]1. The van der Waals surface area contributed by atoms with Crippen molar-refractivity contribution in [2.75, 3.05) is 12.3 Å². The maximum absolute atomic E-state index is 5.85. The van der Waals surface area contributed by atoms with Gasteiger partial charge in [0.1, 0.15) is 11.3 Å². The summed E-state index contributed by atoms with van der Waals surface area (Å²) in [6, 6.07) is 0. The van der Waals surface area contributed by atoms with Crippen LogP contribution in [0.4, 0.5) is 5.95 Å². The zero-order chi connectivity index (χ0) is 13.2. The standard InChI is InChI=1S/C13H19N5O/c1-8-15-10-11(16-8)17-13(14)18-12(10)19-7-9-5-3-2-4-6-9/h9H,2-7H2,1H3,(H3,14,15,16,17,18). The van der Waals surface area contributed by atoms with Gasteiger partial charge in [0.15, 0.2) is 5.65 Å². The van der Waals surface area contributed by atoms with Crippen molar-refractivity contribution >= 4 is 17.1 Å². The molecule has 0 bridgehead atoms. The molecule has 3 rings (SSSR count). The van der Waals surface area contributed by atoms with Crippen molar-refractivity contribution in [1.29, 1.82) is 0 Å². The summed E-state index contributed by atoms with van der Waals surface area (Å²) in [7, 11) is 0. The van der Waals surface area contributed by atoms with E-state index in [1.807, 2.05) is 6.92 Å². The molecule has 1 saturated carbocycles. The lowest BCUT2D eigenvalue weighted by Crippen LogP contribution is -2.16. The van der Waals surface area contributed by atoms with E-state index in [-0.39, 0.29) is 5.95 Å². The average Bonchev–Trinajstić information content (AvgIpc) is 2.77. The van der Waals surface area contributed by atoms with Crippen LogP contribution >= 0.6 is 0 Å². The monoisotopic (exact) mass is 261 g/mol. The van der Waals surface area contributed by atoms with Gasteiger partial charge in [-0.1, -0.05) is 19.3 Å². The highest BCUT2D eigenvalue weighted by Gasteiger charge is 2.16. The molecule has 0 saturated heterocycles. The van der Waals surface area contributed by atoms with E-state index in [0.29, 0.717) is 24.1 Å². The molecule has 2 heterocycles. The first-order chi connectivity index (χ1) is 9.22. The van der Waals surface area contributed by atoms with Crippen LogP contribution in [0.2, 0.25) is 0 Å². The summed E-state index contributed by atoms with van der Waals surface area (Å²) in [6.45, 7) is 2.58. The van der Waals surface area contributed by atoms with Gasteiger partial charge in [-0.25, -0.2) is 4.98 Å². The van der Waals surface area contributed by atoms with E-state index in [0.717, 1.165) is 11.3 Å². The second kappa shape index (κ2) is 5.03. The van der Waals surface area contributed by atoms with E-state index in [1.54, 1.807) is 0 Å². The van der Waals surface area contributed by atoms with Crippen LogP contribution in [0, 0.1) is 12.8 Å². The van der Waals surface area contributed by atoms with Gasteiger partial charge in [0, 0.05) is 0 Å². The number of aromatic amines is 1. The van der Waals surface area contributed by atoms with Gasteiger partial charge >= 0.3 is 0 Å². The number of rotatable bonds is 3. The number of anilines is 1. The Bertz CT molecular complexity index is 574. The first kappa shape index (κ1) is 12.2. The highest BCUT2D eigenvalue weighted by atomic mass is 16.5. The van der Waals surface area contributed by atoms with Crippen LogP contribution in [0.3, 0.4) is 0 Å². The van der Waals surface area contributed by atoms with Crippen molar-refractivity contribution in [1.82, 2.24) is 19.9 Å². The lowest BCUT2D eigenvalue weighted by molar-refractivity contribution is 0.205. The summed E-state index contributed by atoms with van der Waals surface area (Å²) in [6.07, 6.45) is 6.44. The molecule has 0 aromatic carbocycles. The predicted molar refractivity (Wildman–Crippen MR) is 72.9 cm³/mol. The van der Waals surface area contributed by atoms with Crippen molar-refractivity contribution in [2.24, 2.45) is 5.92 Å². The van der Waals surface area contributed by atoms with Crippen molar-refractivity contribution in [3.8, 4) is 5.88 Å². The molecule has 0 radical (unpaired) electrons. The zero-order valence-corrected chi connectivity index (χ0v) is 11.1. The minimum absolute atomic E-state index is 0.206. The second-order valence-electron chi connectivity index (χ2n) is 5.22.